The summed E-state index contributed by atoms with van der Waals surface area (Å²) in [5, 5.41) is 10.6. The van der Waals surface area contributed by atoms with Gasteiger partial charge in [0.25, 0.3) is 10.1 Å². The lowest BCUT2D eigenvalue weighted by atomic mass is 10.2. The fourth-order valence-electron chi connectivity index (χ4n) is 0.799. The fraction of sp³-hybridized carbons (Fsp3) is 0.714. The third kappa shape index (κ3) is 6.86. The molecule has 0 bridgehead atoms. The molecule has 0 aromatic rings. The van der Waals surface area contributed by atoms with Crippen LogP contribution >= 0.6 is 0 Å². The van der Waals surface area contributed by atoms with E-state index < -0.39 is 22.1 Å². The Morgan fingerprint density at radius 1 is 1.60 bits per heavy atom. The van der Waals surface area contributed by atoms with Gasteiger partial charge in [0, 0.05) is 6.42 Å². The third-order valence-electron chi connectivity index (χ3n) is 1.66. The van der Waals surface area contributed by atoms with E-state index in [1.54, 1.807) is 0 Å². The van der Waals surface area contributed by atoms with Gasteiger partial charge in [-0.2, -0.15) is 8.42 Å². The highest BCUT2D eigenvalue weighted by Crippen LogP contribution is 2.05. The summed E-state index contributed by atoms with van der Waals surface area (Å²) < 4.78 is 26.9. The van der Waals surface area contributed by atoms with Crippen molar-refractivity contribution < 1.29 is 27.7 Å². The van der Waals surface area contributed by atoms with E-state index >= 15 is 0 Å². The molecule has 1 amide bonds. The largest absolute Gasteiger partial charge is 0.480 e. The van der Waals surface area contributed by atoms with Crippen molar-refractivity contribution in [3.63, 3.8) is 0 Å². The molecule has 8 heteroatoms. The second kappa shape index (κ2) is 5.66. The summed E-state index contributed by atoms with van der Waals surface area (Å²) in [5.41, 5.74) is 0. The Kier molecular flexibility index (Phi) is 5.23. The van der Waals surface area contributed by atoms with Gasteiger partial charge < -0.3 is 10.4 Å². The van der Waals surface area contributed by atoms with Crippen molar-refractivity contribution in [3.8, 4) is 0 Å². The molecule has 1 heterocycles. The number of hydrogen-bond donors (Lipinski definition) is 3. The van der Waals surface area contributed by atoms with Gasteiger partial charge in [-0.05, 0) is 13.3 Å². The summed E-state index contributed by atoms with van der Waals surface area (Å²) in [7, 11) is -3.66. The average molecular weight is 239 g/mol. The molecule has 1 atom stereocenters. The van der Waals surface area contributed by atoms with Crippen molar-refractivity contribution in [1.82, 2.24) is 5.32 Å². The lowest BCUT2D eigenvalue weighted by Gasteiger charge is -1.99. The van der Waals surface area contributed by atoms with Gasteiger partial charge in [-0.3, -0.25) is 9.35 Å². The molecular weight excluding hydrogens is 226 g/mol. The molecule has 88 valence electrons. The zero-order valence-electron chi connectivity index (χ0n) is 8.13. The standard InChI is InChI=1S/C5H7NO3.C2H6O3S/c7-4-2-1-3(6-4)5(8)9;1-2-6(3,4)5/h3H,1-2H2,(H,6,7)(H,8,9);2H2,1H3,(H,3,4,5)/t3-;/m0./s1. The maximum absolute atomic E-state index is 10.4. The fourth-order valence-corrected chi connectivity index (χ4v) is 0.799. The number of carboxylic acids is 1. The minimum atomic E-state index is -3.66. The van der Waals surface area contributed by atoms with E-state index in [0.717, 1.165) is 0 Å². The Morgan fingerprint density at radius 3 is 2.20 bits per heavy atom. The minimum Gasteiger partial charge on any atom is -0.480 e. The van der Waals surface area contributed by atoms with Crippen LogP contribution in [0.5, 0.6) is 0 Å². The highest BCUT2D eigenvalue weighted by Gasteiger charge is 2.26. The van der Waals surface area contributed by atoms with Gasteiger partial charge in [0.05, 0.1) is 5.75 Å². The second-order valence-corrected chi connectivity index (χ2v) is 4.61. The van der Waals surface area contributed by atoms with Crippen molar-refractivity contribution in [3.05, 3.63) is 0 Å². The van der Waals surface area contributed by atoms with Crippen LogP contribution in [0.25, 0.3) is 0 Å². The number of hydrogen-bond acceptors (Lipinski definition) is 4. The maximum Gasteiger partial charge on any atom is 0.326 e. The van der Waals surface area contributed by atoms with E-state index in [0.29, 0.717) is 12.8 Å². The molecule has 0 unspecified atom stereocenters. The summed E-state index contributed by atoms with van der Waals surface area (Å²) in [6.45, 7) is 1.37. The molecule has 3 N–H and O–H groups in total. The van der Waals surface area contributed by atoms with Gasteiger partial charge in [-0.15, -0.1) is 0 Å². The Bertz CT molecular complexity index is 335. The molecule has 0 aliphatic carbocycles. The van der Waals surface area contributed by atoms with Gasteiger partial charge >= 0.3 is 5.97 Å². The topological polar surface area (TPSA) is 121 Å². The van der Waals surface area contributed by atoms with Gasteiger partial charge in [0.2, 0.25) is 5.91 Å². The van der Waals surface area contributed by atoms with Crippen molar-refractivity contribution in [2.24, 2.45) is 0 Å². The second-order valence-electron chi connectivity index (χ2n) is 2.87. The van der Waals surface area contributed by atoms with Crippen molar-refractivity contribution in [2.45, 2.75) is 25.8 Å². The van der Waals surface area contributed by atoms with Crippen LogP contribution in [0.1, 0.15) is 19.8 Å². The molecule has 0 aromatic carbocycles. The zero-order valence-corrected chi connectivity index (χ0v) is 8.95. The lowest BCUT2D eigenvalue weighted by Crippen LogP contribution is -2.32. The smallest absolute Gasteiger partial charge is 0.326 e. The molecule has 0 saturated carbocycles. The van der Waals surface area contributed by atoms with Crippen LogP contribution in [-0.4, -0.2) is 41.7 Å². The summed E-state index contributed by atoms with van der Waals surface area (Å²) in [6, 6.07) is -0.641. The molecule has 1 aliphatic heterocycles. The first-order valence-electron chi connectivity index (χ1n) is 4.23. The molecule has 0 spiro atoms. The van der Waals surface area contributed by atoms with E-state index in [1.807, 2.05) is 0 Å². The number of carbonyl (C=O) groups is 2. The first kappa shape index (κ1) is 13.8. The van der Waals surface area contributed by atoms with Crippen molar-refractivity contribution in [2.75, 3.05) is 5.75 Å². The van der Waals surface area contributed by atoms with Crippen LogP contribution in [-0.2, 0) is 19.7 Å². The summed E-state index contributed by atoms with van der Waals surface area (Å²) >= 11 is 0. The monoisotopic (exact) mass is 239 g/mol. The summed E-state index contributed by atoms with van der Waals surface area (Å²) in [5.74, 6) is -1.31. The first-order valence-corrected chi connectivity index (χ1v) is 5.84. The van der Waals surface area contributed by atoms with Crippen molar-refractivity contribution in [1.29, 1.82) is 0 Å². The quantitative estimate of drug-likeness (QED) is 0.545. The highest BCUT2D eigenvalue weighted by atomic mass is 32.2. The van der Waals surface area contributed by atoms with Crippen LogP contribution in [0, 0.1) is 0 Å². The molecular formula is C7H13NO6S. The Labute approximate surface area is 87.2 Å². The van der Waals surface area contributed by atoms with Crippen LogP contribution in [0.2, 0.25) is 0 Å². The van der Waals surface area contributed by atoms with Gasteiger partial charge in [-0.1, -0.05) is 0 Å². The average Bonchev–Trinajstić information content (AvgIpc) is 2.52. The lowest BCUT2D eigenvalue weighted by molar-refractivity contribution is -0.140. The number of carbonyl (C=O) groups excluding carboxylic acids is 1. The van der Waals surface area contributed by atoms with Gasteiger partial charge in [-0.25, -0.2) is 4.79 Å². The molecule has 1 fully saturated rings. The van der Waals surface area contributed by atoms with Gasteiger partial charge in [0.1, 0.15) is 6.04 Å². The Morgan fingerprint density at radius 2 is 2.07 bits per heavy atom. The van der Waals surface area contributed by atoms with Crippen LogP contribution in [0.3, 0.4) is 0 Å². The molecule has 15 heavy (non-hydrogen) atoms. The first-order chi connectivity index (χ1) is 6.76. The number of rotatable bonds is 2. The van der Waals surface area contributed by atoms with E-state index in [9.17, 15) is 18.0 Å². The van der Waals surface area contributed by atoms with Crippen LogP contribution in [0.4, 0.5) is 0 Å². The normalized spacial score (nSPS) is 20.1. The number of carboxylic acid groups (broad SMARTS) is 1. The van der Waals surface area contributed by atoms with E-state index in [-0.39, 0.29) is 11.7 Å². The SMILES string of the molecule is CCS(=O)(=O)O.O=C1CC[C@@H](C(=O)O)N1. The third-order valence-corrected chi connectivity index (χ3v) is 2.39. The van der Waals surface area contributed by atoms with Gasteiger partial charge in [0.15, 0.2) is 0 Å². The minimum absolute atomic E-state index is 0.164. The predicted octanol–water partition coefficient (Wildman–Crippen LogP) is -0.756. The number of aliphatic carboxylic acids is 1. The zero-order chi connectivity index (χ0) is 12.1. The summed E-state index contributed by atoms with van der Waals surface area (Å²) in [4.78, 5) is 20.5. The number of nitrogens with one attached hydrogen (secondary N) is 1. The predicted molar refractivity (Wildman–Crippen MR) is 50.9 cm³/mol. The van der Waals surface area contributed by atoms with E-state index in [2.05, 4.69) is 5.32 Å². The molecule has 7 nitrogen and oxygen atoms in total. The van der Waals surface area contributed by atoms with E-state index in [1.165, 1.54) is 6.92 Å². The Balaban J connectivity index is 0.000000288. The molecule has 1 aliphatic rings. The highest BCUT2D eigenvalue weighted by molar-refractivity contribution is 7.85. The van der Waals surface area contributed by atoms with E-state index in [4.69, 9.17) is 9.66 Å². The van der Waals surface area contributed by atoms with Crippen molar-refractivity contribution >= 4 is 22.0 Å². The molecule has 1 saturated heterocycles. The van der Waals surface area contributed by atoms with Crippen LogP contribution < -0.4 is 5.32 Å². The Hall–Kier alpha value is -1.15. The number of amides is 1. The van der Waals surface area contributed by atoms with Crippen LogP contribution in [0.15, 0.2) is 0 Å². The maximum atomic E-state index is 10.4. The molecule has 1 rings (SSSR count). The molecule has 0 radical (unpaired) electrons. The molecule has 0 aromatic heterocycles. The summed E-state index contributed by atoms with van der Waals surface area (Å²) in [6.07, 6.45) is 0.769.